The summed E-state index contributed by atoms with van der Waals surface area (Å²) in [6.45, 7) is 1.93. The molecule has 0 aliphatic heterocycles. The molecule has 1 aromatic carbocycles. The molecule has 0 amide bonds. The Bertz CT molecular complexity index is 516. The minimum absolute atomic E-state index is 0.139. The van der Waals surface area contributed by atoms with E-state index in [0.717, 1.165) is 23.3 Å². The van der Waals surface area contributed by atoms with E-state index in [4.69, 9.17) is 27.6 Å². The summed E-state index contributed by atoms with van der Waals surface area (Å²) in [4.78, 5) is 0. The lowest BCUT2D eigenvalue weighted by molar-refractivity contribution is 0.520. The normalized spacial score (nSPS) is 12.7. The fourth-order valence-corrected chi connectivity index (χ4v) is 2.52. The first kappa shape index (κ1) is 13.5. The number of benzene rings is 1. The maximum atomic E-state index is 6.19. The van der Waals surface area contributed by atoms with Crippen molar-refractivity contribution in [3.05, 3.63) is 57.5 Å². The van der Waals surface area contributed by atoms with Gasteiger partial charge in [0.1, 0.15) is 5.76 Å². The lowest BCUT2D eigenvalue weighted by atomic mass is 10.0. The molecular weight excluding hydrogens is 269 g/mol. The van der Waals surface area contributed by atoms with Gasteiger partial charge in [0, 0.05) is 21.7 Å². The smallest absolute Gasteiger partial charge is 0.101 e. The summed E-state index contributed by atoms with van der Waals surface area (Å²) < 4.78 is 5.34. The lowest BCUT2D eigenvalue weighted by Crippen LogP contribution is -2.18. The molecule has 1 unspecified atom stereocenters. The summed E-state index contributed by atoms with van der Waals surface area (Å²) in [5, 5.41) is 4.65. The van der Waals surface area contributed by atoms with Crippen LogP contribution >= 0.6 is 23.2 Å². The molecule has 2 nitrogen and oxygen atoms in total. The summed E-state index contributed by atoms with van der Waals surface area (Å²) in [6, 6.07) is 7.72. The van der Waals surface area contributed by atoms with Crippen molar-refractivity contribution in [1.82, 2.24) is 5.32 Å². The van der Waals surface area contributed by atoms with E-state index in [-0.39, 0.29) is 6.04 Å². The van der Waals surface area contributed by atoms with Crippen molar-refractivity contribution >= 4 is 23.2 Å². The van der Waals surface area contributed by atoms with Gasteiger partial charge in [0.05, 0.1) is 6.26 Å². The van der Waals surface area contributed by atoms with E-state index < -0.39 is 0 Å². The van der Waals surface area contributed by atoms with E-state index in [9.17, 15) is 0 Å². The first-order valence-electron chi connectivity index (χ1n) is 5.77. The third-order valence-electron chi connectivity index (χ3n) is 2.97. The molecule has 0 spiro atoms. The summed E-state index contributed by atoms with van der Waals surface area (Å²) in [5.74, 6) is 0.899. The number of hydrogen-bond acceptors (Lipinski definition) is 2. The van der Waals surface area contributed by atoms with E-state index >= 15 is 0 Å². The Hall–Kier alpha value is -0.960. The number of halogens is 2. The minimum atomic E-state index is 0.139. The van der Waals surface area contributed by atoms with Gasteiger partial charge in [-0.05, 0) is 44.2 Å². The van der Waals surface area contributed by atoms with Crippen LogP contribution in [0.5, 0.6) is 0 Å². The standard InChI is InChI=1S/C14H15Cl2NO/c1-9-6-10(8-18-9)14(17-2)7-11-12(15)4-3-5-13(11)16/h3-6,8,14,17H,7H2,1-2H3. The van der Waals surface area contributed by atoms with Crippen LogP contribution in [0.15, 0.2) is 34.9 Å². The summed E-state index contributed by atoms with van der Waals surface area (Å²) >= 11 is 12.4. The monoisotopic (exact) mass is 283 g/mol. The second-order valence-corrected chi connectivity index (χ2v) is 5.05. The molecule has 1 atom stereocenters. The molecule has 0 saturated heterocycles. The van der Waals surface area contributed by atoms with Gasteiger partial charge in [0.15, 0.2) is 0 Å². The zero-order chi connectivity index (χ0) is 13.1. The Balaban J connectivity index is 2.26. The fourth-order valence-electron chi connectivity index (χ4n) is 1.96. The summed E-state index contributed by atoms with van der Waals surface area (Å²) in [6.07, 6.45) is 2.50. The van der Waals surface area contributed by atoms with Crippen molar-refractivity contribution in [3.63, 3.8) is 0 Å². The third kappa shape index (κ3) is 2.89. The van der Waals surface area contributed by atoms with Gasteiger partial charge in [-0.1, -0.05) is 29.3 Å². The number of hydrogen-bond donors (Lipinski definition) is 1. The van der Waals surface area contributed by atoms with Gasteiger partial charge in [-0.2, -0.15) is 0 Å². The third-order valence-corrected chi connectivity index (χ3v) is 3.68. The van der Waals surface area contributed by atoms with Crippen LogP contribution in [0.3, 0.4) is 0 Å². The molecule has 0 aliphatic carbocycles. The highest BCUT2D eigenvalue weighted by Crippen LogP contribution is 2.29. The number of rotatable bonds is 4. The van der Waals surface area contributed by atoms with Crippen LogP contribution in [0.25, 0.3) is 0 Å². The fraction of sp³-hybridized carbons (Fsp3) is 0.286. The SMILES string of the molecule is CNC(Cc1c(Cl)cccc1Cl)c1coc(C)c1. The van der Waals surface area contributed by atoms with Gasteiger partial charge >= 0.3 is 0 Å². The molecule has 1 aromatic heterocycles. The molecule has 2 aromatic rings. The van der Waals surface area contributed by atoms with Crippen LogP contribution in [0, 0.1) is 6.92 Å². The Morgan fingerprint density at radius 1 is 1.28 bits per heavy atom. The van der Waals surface area contributed by atoms with Crippen molar-refractivity contribution in [1.29, 1.82) is 0 Å². The van der Waals surface area contributed by atoms with Crippen LogP contribution < -0.4 is 5.32 Å². The summed E-state index contributed by atoms with van der Waals surface area (Å²) in [7, 11) is 1.91. The predicted molar refractivity (Wildman–Crippen MR) is 75.4 cm³/mol. The highest BCUT2D eigenvalue weighted by molar-refractivity contribution is 6.36. The lowest BCUT2D eigenvalue weighted by Gasteiger charge is -2.16. The van der Waals surface area contributed by atoms with Crippen molar-refractivity contribution in [2.45, 2.75) is 19.4 Å². The average molecular weight is 284 g/mol. The molecule has 96 valence electrons. The highest BCUT2D eigenvalue weighted by Gasteiger charge is 2.16. The molecule has 18 heavy (non-hydrogen) atoms. The van der Waals surface area contributed by atoms with Gasteiger partial charge in [-0.3, -0.25) is 0 Å². The molecule has 4 heteroatoms. The van der Waals surface area contributed by atoms with Crippen molar-refractivity contribution in [2.75, 3.05) is 7.05 Å². The zero-order valence-electron chi connectivity index (χ0n) is 10.3. The predicted octanol–water partition coefficient (Wildman–Crippen LogP) is 4.40. The van der Waals surface area contributed by atoms with Crippen LogP contribution in [0.1, 0.15) is 22.9 Å². The van der Waals surface area contributed by atoms with Gasteiger partial charge in [0.25, 0.3) is 0 Å². The topological polar surface area (TPSA) is 25.2 Å². The van der Waals surface area contributed by atoms with Gasteiger partial charge < -0.3 is 9.73 Å². The Labute approximate surface area is 117 Å². The highest BCUT2D eigenvalue weighted by atomic mass is 35.5. The van der Waals surface area contributed by atoms with Gasteiger partial charge in [-0.25, -0.2) is 0 Å². The largest absolute Gasteiger partial charge is 0.469 e. The van der Waals surface area contributed by atoms with Crippen LogP contribution in [-0.2, 0) is 6.42 Å². The Morgan fingerprint density at radius 2 is 1.94 bits per heavy atom. The minimum Gasteiger partial charge on any atom is -0.469 e. The van der Waals surface area contributed by atoms with E-state index in [2.05, 4.69) is 5.32 Å². The molecule has 0 aliphatic rings. The molecule has 1 heterocycles. The second kappa shape index (κ2) is 5.79. The first-order chi connectivity index (χ1) is 8.61. The van der Waals surface area contributed by atoms with Crippen molar-refractivity contribution in [2.24, 2.45) is 0 Å². The van der Waals surface area contributed by atoms with E-state index in [1.165, 1.54) is 0 Å². The molecule has 0 fully saturated rings. The molecule has 1 N–H and O–H groups in total. The number of nitrogens with one attached hydrogen (secondary N) is 1. The maximum absolute atomic E-state index is 6.19. The van der Waals surface area contributed by atoms with Crippen molar-refractivity contribution < 1.29 is 4.42 Å². The molecule has 0 saturated carbocycles. The quantitative estimate of drug-likeness (QED) is 0.900. The maximum Gasteiger partial charge on any atom is 0.101 e. The molecule has 0 radical (unpaired) electrons. The molecule has 2 rings (SSSR count). The summed E-state index contributed by atoms with van der Waals surface area (Å²) in [5.41, 5.74) is 2.06. The van der Waals surface area contributed by atoms with Crippen LogP contribution in [0.4, 0.5) is 0 Å². The molecular formula is C14H15Cl2NO. The van der Waals surface area contributed by atoms with Gasteiger partial charge in [0.2, 0.25) is 0 Å². The zero-order valence-corrected chi connectivity index (χ0v) is 11.8. The van der Waals surface area contributed by atoms with Crippen molar-refractivity contribution in [3.8, 4) is 0 Å². The first-order valence-corrected chi connectivity index (χ1v) is 6.52. The molecule has 0 bridgehead atoms. The Morgan fingerprint density at radius 3 is 2.44 bits per heavy atom. The van der Waals surface area contributed by atoms with E-state index in [1.54, 1.807) is 6.26 Å². The number of furan rings is 1. The van der Waals surface area contributed by atoms with Crippen LogP contribution in [0.2, 0.25) is 10.0 Å². The van der Waals surface area contributed by atoms with E-state index in [1.807, 2.05) is 38.2 Å². The Kier molecular flexibility index (Phi) is 4.33. The van der Waals surface area contributed by atoms with Crippen LogP contribution in [-0.4, -0.2) is 7.05 Å². The number of aryl methyl sites for hydroxylation is 1. The number of likely N-dealkylation sites (N-methyl/N-ethyl adjacent to an activating group) is 1. The van der Waals surface area contributed by atoms with E-state index in [0.29, 0.717) is 10.0 Å². The van der Waals surface area contributed by atoms with Gasteiger partial charge in [-0.15, -0.1) is 0 Å². The average Bonchev–Trinajstić information content (AvgIpc) is 2.76. The second-order valence-electron chi connectivity index (χ2n) is 4.24.